The number of rotatable bonds is 2. The topological polar surface area (TPSA) is 0 Å². The average molecular weight is 569 g/mol. The van der Waals surface area contributed by atoms with E-state index in [0.717, 1.165) is 15.9 Å². The van der Waals surface area contributed by atoms with E-state index in [4.69, 9.17) is 17.0 Å². The van der Waals surface area contributed by atoms with Gasteiger partial charge in [0.1, 0.15) is 0 Å². The van der Waals surface area contributed by atoms with E-state index in [9.17, 15) is 0 Å². The molecule has 0 heterocycles. The van der Waals surface area contributed by atoms with Gasteiger partial charge in [0.15, 0.2) is 0 Å². The van der Waals surface area contributed by atoms with Crippen LogP contribution in [0.1, 0.15) is 18.1 Å². The molecule has 0 spiro atoms. The van der Waals surface area contributed by atoms with Crippen molar-refractivity contribution < 1.29 is 20.8 Å². The smallest absolute Gasteiger partial charge is 0.0809 e. The van der Waals surface area contributed by atoms with Crippen LogP contribution in [-0.4, -0.2) is 9.52 Å². The summed E-state index contributed by atoms with van der Waals surface area (Å²) in [4.78, 5) is 0. The van der Waals surface area contributed by atoms with Crippen LogP contribution in [0.3, 0.4) is 0 Å². The molecule has 0 saturated heterocycles. The molecular weight excluding hydrogens is 539 g/mol. The van der Waals surface area contributed by atoms with Crippen LogP contribution in [0, 0.1) is 6.92 Å². The molecule has 0 fully saturated rings. The number of hydrogen-bond donors (Lipinski definition) is 0. The van der Waals surface area contributed by atoms with Crippen molar-refractivity contribution in [1.82, 2.24) is 0 Å². The van der Waals surface area contributed by atoms with Gasteiger partial charge in [0.2, 0.25) is 0 Å². The van der Waals surface area contributed by atoms with Crippen molar-refractivity contribution in [3.8, 4) is 11.1 Å². The van der Waals surface area contributed by atoms with Gasteiger partial charge < -0.3 is 0 Å². The zero-order valence-electron chi connectivity index (χ0n) is 19.7. The molecule has 5 aromatic carbocycles. The van der Waals surface area contributed by atoms with Crippen LogP contribution in [-0.2, 0) is 27.3 Å². The van der Waals surface area contributed by atoms with Crippen molar-refractivity contribution in [2.75, 3.05) is 0 Å². The molecule has 0 N–H and O–H groups in total. The van der Waals surface area contributed by atoms with E-state index in [2.05, 4.69) is 124 Å². The Balaban J connectivity index is 0.000000213. The third-order valence-electron chi connectivity index (χ3n) is 5.13. The Labute approximate surface area is 220 Å². The van der Waals surface area contributed by atoms with Crippen LogP contribution in [0.25, 0.3) is 32.7 Å². The van der Waals surface area contributed by atoms with Crippen molar-refractivity contribution in [3.63, 3.8) is 0 Å². The molecule has 5 rings (SSSR count). The molecule has 0 nitrogen and oxygen atoms in total. The number of halogens is 2. The molecule has 2 radical (unpaired) electrons. The Morgan fingerprint density at radius 2 is 1.48 bits per heavy atom. The fourth-order valence-electron chi connectivity index (χ4n) is 3.56. The second kappa shape index (κ2) is 15.5. The van der Waals surface area contributed by atoms with Crippen LogP contribution in [0.5, 0.6) is 0 Å². The fraction of sp³-hybridized carbons (Fsp3) is 0.172. The second-order valence-electron chi connectivity index (χ2n) is 7.62. The summed E-state index contributed by atoms with van der Waals surface area (Å²) in [5, 5.41) is 5.39. The zero-order chi connectivity index (χ0) is 24.1. The van der Waals surface area contributed by atoms with Gasteiger partial charge in [0.25, 0.3) is 0 Å². The largest absolute Gasteiger partial charge is 0.168 e. The van der Waals surface area contributed by atoms with E-state index in [1.54, 1.807) is 0 Å². The first-order valence-electron chi connectivity index (χ1n) is 11.0. The Bertz CT molecular complexity index is 1170. The molecule has 0 atom stereocenters. The van der Waals surface area contributed by atoms with Crippen molar-refractivity contribution in [3.05, 3.63) is 108 Å². The first-order valence-corrected chi connectivity index (χ1v) is 19.3. The molecule has 0 aliphatic carbocycles. The first kappa shape index (κ1) is 27.8. The maximum atomic E-state index is 4.93. The van der Waals surface area contributed by atoms with Crippen LogP contribution in [0.4, 0.5) is 0 Å². The number of benzene rings is 3. The minimum Gasteiger partial charge on any atom is -0.168 e. The van der Waals surface area contributed by atoms with Gasteiger partial charge in [0, 0.05) is 9.52 Å². The van der Waals surface area contributed by atoms with E-state index >= 15 is 0 Å². The summed E-state index contributed by atoms with van der Waals surface area (Å²) in [6.45, 7) is 8.64. The first-order chi connectivity index (χ1) is 16.1. The van der Waals surface area contributed by atoms with Crippen molar-refractivity contribution >= 4 is 48.1 Å². The Hall–Kier alpha value is -1.44. The molecule has 0 amide bonds. The van der Waals surface area contributed by atoms with Gasteiger partial charge >= 0.3 is 37.9 Å². The predicted octanol–water partition coefficient (Wildman–Crippen LogP) is 9.82. The number of aryl methyl sites for hydroxylation is 2. The van der Waals surface area contributed by atoms with E-state index in [0.29, 0.717) is 0 Å². The molecule has 4 heteroatoms. The quantitative estimate of drug-likeness (QED) is 0.147. The Morgan fingerprint density at radius 1 is 0.848 bits per heavy atom. The summed E-state index contributed by atoms with van der Waals surface area (Å²) in [5.74, 6) is 0. The predicted molar refractivity (Wildman–Crippen MR) is 148 cm³/mol. The fourth-order valence-corrected chi connectivity index (χ4v) is 3.56. The molecule has 0 saturated carbocycles. The summed E-state index contributed by atoms with van der Waals surface area (Å²) in [6.07, 6.45) is 1.10. The summed E-state index contributed by atoms with van der Waals surface area (Å²) >= 11 is -0.826. The van der Waals surface area contributed by atoms with E-state index in [1.807, 2.05) is 0 Å². The van der Waals surface area contributed by atoms with Crippen LogP contribution in [0.2, 0.25) is 13.1 Å². The van der Waals surface area contributed by atoms with Gasteiger partial charge in [-0.1, -0.05) is 67.5 Å². The summed E-state index contributed by atoms with van der Waals surface area (Å²) in [6, 6.07) is 34.6. The summed E-state index contributed by atoms with van der Waals surface area (Å²) < 4.78 is 0. The maximum absolute atomic E-state index is 4.93. The van der Waals surface area contributed by atoms with Crippen LogP contribution >= 0.6 is 17.0 Å². The third-order valence-corrected chi connectivity index (χ3v) is 5.13. The molecule has 5 aromatic rings. The van der Waals surface area contributed by atoms with Gasteiger partial charge in [-0.3, -0.25) is 0 Å². The van der Waals surface area contributed by atoms with E-state index < -0.39 is 20.8 Å². The zero-order valence-corrected chi connectivity index (χ0v) is 24.7. The summed E-state index contributed by atoms with van der Waals surface area (Å²) in [5.41, 5.74) is 5.37. The minimum atomic E-state index is -0.826. The monoisotopic (exact) mass is 566 g/mol. The molecule has 168 valence electrons. The van der Waals surface area contributed by atoms with Crippen molar-refractivity contribution in [2.45, 2.75) is 33.4 Å². The Kier molecular flexibility index (Phi) is 13.0. The molecule has 0 aromatic heterocycles. The van der Waals surface area contributed by atoms with Crippen LogP contribution in [0.15, 0.2) is 97.1 Å². The average Bonchev–Trinajstić information content (AvgIpc) is 3.48. The van der Waals surface area contributed by atoms with Gasteiger partial charge in [-0.15, -0.1) is 64.2 Å². The molecule has 0 aliphatic rings. The van der Waals surface area contributed by atoms with Gasteiger partial charge in [-0.2, -0.15) is 23.6 Å². The summed E-state index contributed by atoms with van der Waals surface area (Å²) in [7, 11) is 11.0. The van der Waals surface area contributed by atoms with E-state index in [-0.39, 0.29) is 0 Å². The molecule has 0 aliphatic heterocycles. The molecular formula is C29H30Cl2SiZr. The third kappa shape index (κ3) is 8.69. The van der Waals surface area contributed by atoms with Crippen molar-refractivity contribution in [2.24, 2.45) is 0 Å². The van der Waals surface area contributed by atoms with Crippen LogP contribution < -0.4 is 0 Å². The normalized spacial score (nSPS) is 9.64. The molecule has 0 unspecified atom stereocenters. The molecule has 0 bridgehead atoms. The van der Waals surface area contributed by atoms with Gasteiger partial charge in [-0.05, 0) is 18.9 Å². The maximum Gasteiger partial charge on any atom is -0.0809 e. The standard InChI is InChI=1S/C18H17.C9H7.C2H6Si.2ClH.Zr/c1-3-14-11-16-5-4-6-17(18(16)12-14)15-9-7-13(2)8-10-15;1-2-5-9-7-3-6-8(9)4-1;1-3-2;;;/h4-12H,3H2,1-2H3;1-7H;1-2H3;2*1H;/q2*-1;;;;+4/p-2. The van der Waals surface area contributed by atoms with Gasteiger partial charge in [-0.25, -0.2) is 0 Å². The minimum absolute atomic E-state index is 0.826. The SMILES string of the molecule is CCc1cc2c(-c3ccc(C)cc3)cccc2[cH-]1.C[Si]C.[Cl][Zr+2][Cl].c1ccc2[cH-]ccc2c1. The van der Waals surface area contributed by atoms with Gasteiger partial charge in [0.05, 0.1) is 0 Å². The molecule has 33 heavy (non-hydrogen) atoms. The van der Waals surface area contributed by atoms with E-state index in [1.165, 1.54) is 43.8 Å². The second-order valence-corrected chi connectivity index (χ2v) is 12.3. The number of fused-ring (bicyclic) bond motifs is 2. The van der Waals surface area contributed by atoms with Crippen molar-refractivity contribution in [1.29, 1.82) is 0 Å². The number of hydrogen-bond acceptors (Lipinski definition) is 0. The Morgan fingerprint density at radius 3 is 2.12 bits per heavy atom.